The normalized spacial score (nSPS) is 25.3. The highest BCUT2D eigenvalue weighted by Gasteiger charge is 2.42. The van der Waals surface area contributed by atoms with Crippen molar-refractivity contribution >= 4 is 0 Å². The minimum absolute atomic E-state index is 0.171. The molecule has 1 heterocycles. The second-order valence-electron chi connectivity index (χ2n) is 5.88. The van der Waals surface area contributed by atoms with Crippen LogP contribution in [0.3, 0.4) is 0 Å². The van der Waals surface area contributed by atoms with Gasteiger partial charge < -0.3 is 10.1 Å². The molecule has 2 nitrogen and oxygen atoms in total. The van der Waals surface area contributed by atoms with Gasteiger partial charge in [-0.3, -0.25) is 0 Å². The maximum Gasteiger partial charge on any atom is 0.0721 e. The molecule has 1 saturated heterocycles. The summed E-state index contributed by atoms with van der Waals surface area (Å²) in [5.41, 5.74) is 3.08. The lowest BCUT2D eigenvalue weighted by Crippen LogP contribution is -2.23. The van der Waals surface area contributed by atoms with Gasteiger partial charge in [0.05, 0.1) is 5.60 Å². The second-order valence-corrected chi connectivity index (χ2v) is 5.88. The zero-order valence-electron chi connectivity index (χ0n) is 11.2. The Balaban J connectivity index is 1.65. The molecular weight excluding hydrogens is 222 g/mol. The summed E-state index contributed by atoms with van der Waals surface area (Å²) in [6.07, 6.45) is 7.35. The van der Waals surface area contributed by atoms with Gasteiger partial charge in [0.25, 0.3) is 0 Å². The number of benzene rings is 1. The van der Waals surface area contributed by atoms with Crippen molar-refractivity contribution in [2.45, 2.75) is 50.2 Å². The Morgan fingerprint density at radius 2 is 2.17 bits per heavy atom. The lowest BCUT2D eigenvalue weighted by molar-refractivity contribution is 0.0807. The zero-order valence-corrected chi connectivity index (χ0v) is 11.2. The summed E-state index contributed by atoms with van der Waals surface area (Å²) in [6, 6.07) is 9.77. The molecule has 1 aliphatic carbocycles. The lowest BCUT2D eigenvalue weighted by atomic mass is 9.99. The van der Waals surface area contributed by atoms with E-state index in [1.807, 2.05) is 7.11 Å². The van der Waals surface area contributed by atoms with E-state index < -0.39 is 0 Å². The van der Waals surface area contributed by atoms with Gasteiger partial charge in [-0.1, -0.05) is 24.3 Å². The van der Waals surface area contributed by atoms with E-state index in [9.17, 15) is 0 Å². The fourth-order valence-electron chi connectivity index (χ4n) is 3.05. The van der Waals surface area contributed by atoms with Crippen LogP contribution in [0.15, 0.2) is 24.3 Å². The van der Waals surface area contributed by atoms with Crippen LogP contribution in [0, 0.1) is 0 Å². The second kappa shape index (κ2) is 5.02. The maximum absolute atomic E-state index is 5.61. The summed E-state index contributed by atoms with van der Waals surface area (Å²) in [5, 5.41) is 3.57. The summed E-state index contributed by atoms with van der Waals surface area (Å²) in [7, 11) is 1.85. The fourth-order valence-corrected chi connectivity index (χ4v) is 3.05. The number of hydrogen-bond donors (Lipinski definition) is 1. The molecule has 0 bridgehead atoms. The first-order valence-corrected chi connectivity index (χ1v) is 7.16. The number of hydrogen-bond acceptors (Lipinski definition) is 2. The highest BCUT2D eigenvalue weighted by molar-refractivity contribution is 5.27. The Labute approximate surface area is 110 Å². The SMILES string of the molecule is COC1(Cc2cccc(CC3CCCN3)c2)CC1. The van der Waals surface area contributed by atoms with Gasteiger partial charge in [-0.25, -0.2) is 0 Å². The molecule has 18 heavy (non-hydrogen) atoms. The van der Waals surface area contributed by atoms with E-state index >= 15 is 0 Å². The first-order chi connectivity index (χ1) is 8.80. The van der Waals surface area contributed by atoms with E-state index in [1.165, 1.54) is 49.8 Å². The average Bonchev–Trinajstić information content (AvgIpc) is 2.96. The van der Waals surface area contributed by atoms with Gasteiger partial charge in [-0.05, 0) is 49.8 Å². The van der Waals surface area contributed by atoms with Gasteiger partial charge in [-0.2, -0.15) is 0 Å². The van der Waals surface area contributed by atoms with Crippen molar-refractivity contribution in [2.24, 2.45) is 0 Å². The molecule has 0 spiro atoms. The number of ether oxygens (including phenoxy) is 1. The summed E-state index contributed by atoms with van der Waals surface area (Å²) in [4.78, 5) is 0. The molecule has 1 aromatic carbocycles. The van der Waals surface area contributed by atoms with Gasteiger partial charge in [0.1, 0.15) is 0 Å². The molecular formula is C16H23NO. The minimum atomic E-state index is 0.171. The summed E-state index contributed by atoms with van der Waals surface area (Å²) < 4.78 is 5.61. The predicted molar refractivity (Wildman–Crippen MR) is 73.8 cm³/mol. The predicted octanol–water partition coefficient (Wildman–Crippen LogP) is 2.70. The van der Waals surface area contributed by atoms with E-state index in [0.29, 0.717) is 6.04 Å². The van der Waals surface area contributed by atoms with Gasteiger partial charge >= 0.3 is 0 Å². The third-order valence-corrected chi connectivity index (χ3v) is 4.40. The topological polar surface area (TPSA) is 21.3 Å². The molecule has 2 fully saturated rings. The van der Waals surface area contributed by atoms with Crippen molar-refractivity contribution in [1.82, 2.24) is 5.32 Å². The van der Waals surface area contributed by atoms with Crippen LogP contribution in [0.1, 0.15) is 36.8 Å². The molecule has 0 aromatic heterocycles. The summed E-state index contributed by atoms with van der Waals surface area (Å²) in [6.45, 7) is 1.19. The Hall–Kier alpha value is -0.860. The highest BCUT2D eigenvalue weighted by Crippen LogP contribution is 2.41. The van der Waals surface area contributed by atoms with E-state index in [0.717, 1.165) is 6.42 Å². The monoisotopic (exact) mass is 245 g/mol. The van der Waals surface area contributed by atoms with Crippen molar-refractivity contribution in [3.05, 3.63) is 35.4 Å². The quantitative estimate of drug-likeness (QED) is 0.861. The van der Waals surface area contributed by atoms with E-state index in [4.69, 9.17) is 4.74 Å². The first-order valence-electron chi connectivity index (χ1n) is 7.16. The maximum atomic E-state index is 5.61. The minimum Gasteiger partial charge on any atom is -0.378 e. The molecule has 1 aliphatic heterocycles. The van der Waals surface area contributed by atoms with Gasteiger partial charge in [0.15, 0.2) is 0 Å². The van der Waals surface area contributed by atoms with E-state index in [-0.39, 0.29) is 5.60 Å². The Bertz CT molecular complexity index is 405. The van der Waals surface area contributed by atoms with Gasteiger partial charge in [0.2, 0.25) is 0 Å². The molecule has 1 atom stereocenters. The molecule has 0 radical (unpaired) electrons. The van der Waals surface area contributed by atoms with Crippen LogP contribution in [-0.4, -0.2) is 25.3 Å². The van der Waals surface area contributed by atoms with Crippen molar-refractivity contribution < 1.29 is 4.74 Å². The number of nitrogens with one attached hydrogen (secondary N) is 1. The van der Waals surface area contributed by atoms with Crippen LogP contribution in [-0.2, 0) is 17.6 Å². The van der Waals surface area contributed by atoms with Crippen molar-refractivity contribution in [1.29, 1.82) is 0 Å². The molecule has 0 amide bonds. The van der Waals surface area contributed by atoms with Crippen LogP contribution >= 0.6 is 0 Å². The number of rotatable bonds is 5. The molecule has 2 aliphatic rings. The first kappa shape index (κ1) is 12.2. The van der Waals surface area contributed by atoms with Crippen LogP contribution in [0.4, 0.5) is 0 Å². The lowest BCUT2D eigenvalue weighted by Gasteiger charge is -2.15. The van der Waals surface area contributed by atoms with Crippen LogP contribution in [0.2, 0.25) is 0 Å². The fraction of sp³-hybridized carbons (Fsp3) is 0.625. The van der Waals surface area contributed by atoms with Crippen molar-refractivity contribution in [3.63, 3.8) is 0 Å². The molecule has 1 aromatic rings. The molecule has 98 valence electrons. The highest BCUT2D eigenvalue weighted by atomic mass is 16.5. The van der Waals surface area contributed by atoms with Crippen molar-refractivity contribution in [2.75, 3.05) is 13.7 Å². The Morgan fingerprint density at radius 1 is 1.33 bits per heavy atom. The Kier molecular flexibility index (Phi) is 3.40. The summed E-state index contributed by atoms with van der Waals surface area (Å²) in [5.74, 6) is 0. The third kappa shape index (κ3) is 2.76. The van der Waals surface area contributed by atoms with Crippen LogP contribution in [0.5, 0.6) is 0 Å². The van der Waals surface area contributed by atoms with Gasteiger partial charge in [0, 0.05) is 19.6 Å². The molecule has 1 saturated carbocycles. The number of methoxy groups -OCH3 is 1. The molecule has 2 heteroatoms. The Morgan fingerprint density at radius 3 is 2.83 bits per heavy atom. The average molecular weight is 245 g/mol. The van der Waals surface area contributed by atoms with Crippen molar-refractivity contribution in [3.8, 4) is 0 Å². The largest absolute Gasteiger partial charge is 0.378 e. The molecule has 1 N–H and O–H groups in total. The van der Waals surface area contributed by atoms with Crippen LogP contribution < -0.4 is 5.32 Å². The van der Waals surface area contributed by atoms with E-state index in [2.05, 4.69) is 29.6 Å². The molecule has 3 rings (SSSR count). The van der Waals surface area contributed by atoms with E-state index in [1.54, 1.807) is 0 Å². The third-order valence-electron chi connectivity index (χ3n) is 4.40. The van der Waals surface area contributed by atoms with Crippen LogP contribution in [0.25, 0.3) is 0 Å². The standard InChI is InChI=1S/C16H23NO/c1-18-16(7-8-16)12-14-5-2-4-13(10-14)11-15-6-3-9-17-15/h2,4-5,10,15,17H,3,6-9,11-12H2,1H3. The zero-order chi connectivity index (χ0) is 12.4. The van der Waals surface area contributed by atoms with Gasteiger partial charge in [-0.15, -0.1) is 0 Å². The smallest absolute Gasteiger partial charge is 0.0721 e. The summed E-state index contributed by atoms with van der Waals surface area (Å²) >= 11 is 0. The molecule has 1 unspecified atom stereocenters.